The topological polar surface area (TPSA) is 29.5 Å². The lowest BCUT2D eigenvalue weighted by Gasteiger charge is -2.30. The van der Waals surface area contributed by atoms with E-state index in [2.05, 4.69) is 169 Å². The van der Waals surface area contributed by atoms with Crippen LogP contribution in [0.25, 0.3) is 88.8 Å². The van der Waals surface area contributed by atoms with Crippen LogP contribution in [0.5, 0.6) is 0 Å². The van der Waals surface area contributed by atoms with Crippen LogP contribution < -0.4 is 15.5 Å². The van der Waals surface area contributed by atoms with Crippen LogP contribution in [-0.4, -0.2) is 0 Å². The van der Waals surface area contributed by atoms with Crippen molar-refractivity contribution in [2.45, 2.75) is 12.8 Å². The highest BCUT2D eigenvalue weighted by Crippen LogP contribution is 2.41. The smallest absolute Gasteiger partial charge is 0.145 e. The van der Waals surface area contributed by atoms with Gasteiger partial charge in [0.05, 0.1) is 11.1 Å². The van der Waals surface area contributed by atoms with E-state index in [0.717, 1.165) is 84.4 Å². The second-order valence-electron chi connectivity index (χ2n) is 14.2. The number of benzene rings is 7. The van der Waals surface area contributed by atoms with Gasteiger partial charge in [0.15, 0.2) is 0 Å². The second kappa shape index (κ2) is 12.7. The van der Waals surface area contributed by atoms with E-state index in [9.17, 15) is 0 Å². The average molecular weight is 704 g/mol. The number of fused-ring (bicyclic) bond motifs is 7. The molecule has 3 heteroatoms. The summed E-state index contributed by atoms with van der Waals surface area (Å²) < 4.78 is 12.8. The molecule has 2 aromatic heterocycles. The van der Waals surface area contributed by atoms with E-state index in [0.29, 0.717) is 0 Å². The second-order valence-corrected chi connectivity index (χ2v) is 14.2. The number of furan rings is 2. The van der Waals surface area contributed by atoms with Gasteiger partial charge in [0.25, 0.3) is 0 Å². The van der Waals surface area contributed by atoms with E-state index >= 15 is 0 Å². The minimum absolute atomic E-state index is 0.800. The Kier molecular flexibility index (Phi) is 7.21. The fraction of sp³-hybridized carbons (Fsp3) is 0.0385. The van der Waals surface area contributed by atoms with Gasteiger partial charge < -0.3 is 13.7 Å². The van der Waals surface area contributed by atoms with Gasteiger partial charge in [-0.15, -0.1) is 0 Å². The highest BCUT2D eigenvalue weighted by molar-refractivity contribution is 6.05. The predicted octanol–water partition coefficient (Wildman–Crippen LogP) is 12.6. The Balaban J connectivity index is 1.08. The highest BCUT2D eigenvalue weighted by atomic mass is 16.3. The Bertz CT molecular complexity index is 3210. The fourth-order valence-electron chi connectivity index (χ4n) is 8.41. The molecule has 0 spiro atoms. The summed E-state index contributed by atoms with van der Waals surface area (Å²) in [6, 6.07) is 67.2. The molecule has 0 saturated carbocycles. The fourth-order valence-corrected chi connectivity index (χ4v) is 8.41. The number of hydrogen-bond acceptors (Lipinski definition) is 3. The molecule has 0 atom stereocenters. The minimum Gasteiger partial charge on any atom is -0.456 e. The molecule has 0 N–H and O–H groups in total. The SMILES string of the molecule is c1c(-c2ccccc2N(C2=c3c(oc4ccccc34)=CCC2)c2ccc(-c3cccc(-c4cccc5ccccc45)c3)cc2)cc2oc3ccccc3c2c#1. The van der Waals surface area contributed by atoms with Crippen molar-refractivity contribution in [3.63, 3.8) is 0 Å². The Morgan fingerprint density at radius 3 is 2.07 bits per heavy atom. The Morgan fingerprint density at radius 1 is 0.491 bits per heavy atom. The Hall–Kier alpha value is -7.28. The lowest BCUT2D eigenvalue weighted by atomic mass is 9.95. The number of para-hydroxylation sites is 3. The van der Waals surface area contributed by atoms with Gasteiger partial charge in [0.1, 0.15) is 22.2 Å². The molecule has 1 aliphatic rings. The molecule has 0 unspecified atom stereocenters. The number of anilines is 2. The van der Waals surface area contributed by atoms with Gasteiger partial charge in [-0.1, -0.05) is 133 Å². The molecule has 2 heterocycles. The third-order valence-electron chi connectivity index (χ3n) is 11.0. The van der Waals surface area contributed by atoms with E-state index in [1.165, 1.54) is 33.2 Å². The van der Waals surface area contributed by atoms with Crippen molar-refractivity contribution in [3.05, 3.63) is 193 Å². The summed E-state index contributed by atoms with van der Waals surface area (Å²) in [6.07, 6.45) is 3.97. The van der Waals surface area contributed by atoms with E-state index < -0.39 is 0 Å². The normalized spacial score (nSPS) is 12.5. The maximum atomic E-state index is 6.46. The summed E-state index contributed by atoms with van der Waals surface area (Å²) in [5.41, 5.74) is 13.6. The molecule has 3 nitrogen and oxygen atoms in total. The van der Waals surface area contributed by atoms with Crippen molar-refractivity contribution < 1.29 is 8.83 Å². The summed E-state index contributed by atoms with van der Waals surface area (Å²) in [5.74, 6) is 0. The average Bonchev–Trinajstić information content (AvgIpc) is 3.83. The van der Waals surface area contributed by atoms with Crippen LogP contribution >= 0.6 is 0 Å². The van der Waals surface area contributed by atoms with Gasteiger partial charge >= 0.3 is 0 Å². The first-order chi connectivity index (χ1) is 27.3. The molecule has 0 amide bonds. The molecule has 10 aromatic rings. The summed E-state index contributed by atoms with van der Waals surface area (Å²) in [5, 5.41) is 6.76. The van der Waals surface area contributed by atoms with Crippen molar-refractivity contribution in [1.29, 1.82) is 0 Å². The van der Waals surface area contributed by atoms with Crippen molar-refractivity contribution in [3.8, 4) is 33.4 Å². The molecular weight excluding hydrogens is 671 g/mol. The molecular formula is C52H33NO2. The molecule has 0 bridgehead atoms. The molecule has 0 radical (unpaired) electrons. The zero-order chi connectivity index (χ0) is 36.3. The van der Waals surface area contributed by atoms with Gasteiger partial charge in [0, 0.05) is 38.5 Å². The van der Waals surface area contributed by atoms with Gasteiger partial charge in [-0.25, -0.2) is 0 Å². The van der Waals surface area contributed by atoms with Crippen LogP contribution in [0.3, 0.4) is 0 Å². The Labute approximate surface area is 318 Å². The first-order valence-corrected chi connectivity index (χ1v) is 18.8. The quantitative estimate of drug-likeness (QED) is 0.173. The number of rotatable bonds is 6. The zero-order valence-electron chi connectivity index (χ0n) is 29.9. The van der Waals surface area contributed by atoms with Gasteiger partial charge in [0.2, 0.25) is 0 Å². The van der Waals surface area contributed by atoms with Crippen LogP contribution in [0.4, 0.5) is 11.4 Å². The molecule has 8 aromatic carbocycles. The minimum atomic E-state index is 0.800. The lowest BCUT2D eigenvalue weighted by Crippen LogP contribution is -2.33. The third-order valence-corrected chi connectivity index (χ3v) is 11.0. The van der Waals surface area contributed by atoms with Crippen LogP contribution in [0.1, 0.15) is 12.8 Å². The van der Waals surface area contributed by atoms with Gasteiger partial charge in [-0.05, 0) is 100 Å². The maximum Gasteiger partial charge on any atom is 0.145 e. The van der Waals surface area contributed by atoms with E-state index in [1.54, 1.807) is 0 Å². The van der Waals surface area contributed by atoms with Gasteiger partial charge in [-0.2, -0.15) is 0 Å². The molecule has 11 rings (SSSR count). The molecule has 0 saturated heterocycles. The van der Waals surface area contributed by atoms with Crippen LogP contribution in [0, 0.1) is 12.1 Å². The summed E-state index contributed by atoms with van der Waals surface area (Å²) in [4.78, 5) is 2.43. The summed E-state index contributed by atoms with van der Waals surface area (Å²) >= 11 is 0. The highest BCUT2D eigenvalue weighted by Gasteiger charge is 2.24. The van der Waals surface area contributed by atoms with Crippen molar-refractivity contribution >= 4 is 66.8 Å². The van der Waals surface area contributed by atoms with E-state index in [1.807, 2.05) is 24.3 Å². The summed E-state index contributed by atoms with van der Waals surface area (Å²) in [7, 11) is 0. The molecule has 1 aliphatic carbocycles. The van der Waals surface area contributed by atoms with Gasteiger partial charge in [-0.3, -0.25) is 0 Å². The Morgan fingerprint density at radius 2 is 1.18 bits per heavy atom. The maximum absolute atomic E-state index is 6.46. The monoisotopic (exact) mass is 703 g/mol. The van der Waals surface area contributed by atoms with Crippen LogP contribution in [0.2, 0.25) is 0 Å². The van der Waals surface area contributed by atoms with Crippen LogP contribution in [0.15, 0.2) is 179 Å². The molecule has 0 fully saturated rings. The van der Waals surface area contributed by atoms with Crippen molar-refractivity contribution in [2.24, 2.45) is 0 Å². The zero-order valence-corrected chi connectivity index (χ0v) is 29.9. The summed E-state index contributed by atoms with van der Waals surface area (Å²) in [6.45, 7) is 0. The molecule has 55 heavy (non-hydrogen) atoms. The van der Waals surface area contributed by atoms with E-state index in [4.69, 9.17) is 8.83 Å². The molecule has 258 valence electrons. The predicted molar refractivity (Wildman–Crippen MR) is 226 cm³/mol. The largest absolute Gasteiger partial charge is 0.456 e. The standard InChI is InChI=1S/C52H33NO2/c1-2-16-40-35(12-1)13-10-20-41(40)37-15-9-14-36(32-37)34-26-29-39(30-27-34)53(47-22-11-25-50-52(47)45-19-5-8-24-49(45)54-50)46-21-6-3-17-42(46)38-28-31-44-43-18-4-7-23-48(43)55-51(44)33-38/h1-10,12-21,23-27,29-30,32-33H,11,22H2. The third kappa shape index (κ3) is 5.23. The first kappa shape index (κ1) is 31.3. The van der Waals surface area contributed by atoms with Crippen molar-refractivity contribution in [1.82, 2.24) is 0 Å². The first-order valence-electron chi connectivity index (χ1n) is 18.8. The lowest BCUT2D eigenvalue weighted by molar-refractivity contribution is 0.570. The van der Waals surface area contributed by atoms with Crippen molar-refractivity contribution in [2.75, 3.05) is 4.90 Å². The number of hydrogen-bond donors (Lipinski definition) is 0. The molecule has 0 aliphatic heterocycles. The van der Waals surface area contributed by atoms with E-state index in [-0.39, 0.29) is 0 Å². The van der Waals surface area contributed by atoms with Crippen LogP contribution in [-0.2, 0) is 0 Å². The number of nitrogens with zero attached hydrogens (tertiary/aromatic N) is 1.